The lowest BCUT2D eigenvalue weighted by Gasteiger charge is -2.23. The molecule has 1 aliphatic heterocycles. The van der Waals surface area contributed by atoms with Gasteiger partial charge in [0.05, 0.1) is 0 Å². The van der Waals surface area contributed by atoms with Gasteiger partial charge in [0.1, 0.15) is 0 Å². The van der Waals surface area contributed by atoms with Gasteiger partial charge in [0.25, 0.3) is 0 Å². The van der Waals surface area contributed by atoms with E-state index in [-0.39, 0.29) is 0 Å². The molecule has 2 aromatic carbocycles. The summed E-state index contributed by atoms with van der Waals surface area (Å²) in [5.74, 6) is 0.575. The number of rotatable bonds is 2. The summed E-state index contributed by atoms with van der Waals surface area (Å²) in [4.78, 5) is 2.30. The van der Waals surface area contributed by atoms with Crippen LogP contribution >= 0.6 is 12.2 Å². The van der Waals surface area contributed by atoms with Crippen LogP contribution < -0.4 is 5.32 Å². The van der Waals surface area contributed by atoms with Crippen LogP contribution in [0.25, 0.3) is 0 Å². The molecule has 2 nitrogen and oxygen atoms in total. The summed E-state index contributed by atoms with van der Waals surface area (Å²) < 4.78 is 0. The fourth-order valence-corrected chi connectivity index (χ4v) is 3.89. The standard InChI is InChI=1S/C21H26N2S/c1-14-5-7-18(8-6-14)19-9-10-23(13-19)21(24)22-20-16(3)11-15(2)12-17(20)4/h5-8,11-12,19H,9-10,13H2,1-4H3,(H,22,24)/t19-/m1/s1. The predicted octanol–water partition coefficient (Wildman–Crippen LogP) is 5.11. The first-order valence-electron chi connectivity index (χ1n) is 8.64. The number of anilines is 1. The van der Waals surface area contributed by atoms with Crippen molar-refractivity contribution in [3.63, 3.8) is 0 Å². The molecule has 1 N–H and O–H groups in total. The van der Waals surface area contributed by atoms with E-state index in [0.29, 0.717) is 5.92 Å². The summed E-state index contributed by atoms with van der Waals surface area (Å²) in [6.45, 7) is 10.6. The molecule has 2 aromatic rings. The molecular formula is C21H26N2S. The van der Waals surface area contributed by atoms with Gasteiger partial charge in [-0.3, -0.25) is 0 Å². The fraction of sp³-hybridized carbons (Fsp3) is 0.381. The molecular weight excluding hydrogens is 312 g/mol. The van der Waals surface area contributed by atoms with Gasteiger partial charge in [-0.1, -0.05) is 47.5 Å². The number of benzene rings is 2. The number of aryl methyl sites for hydroxylation is 4. The normalized spacial score (nSPS) is 17.2. The smallest absolute Gasteiger partial charge is 0.173 e. The average Bonchev–Trinajstić information content (AvgIpc) is 3.01. The van der Waals surface area contributed by atoms with E-state index in [1.54, 1.807) is 0 Å². The molecule has 1 heterocycles. The molecule has 0 saturated carbocycles. The molecule has 1 atom stereocenters. The van der Waals surface area contributed by atoms with Crippen LogP contribution in [0.15, 0.2) is 36.4 Å². The minimum absolute atomic E-state index is 0.575. The minimum Gasteiger partial charge on any atom is -0.348 e. The van der Waals surface area contributed by atoms with Gasteiger partial charge in [-0.25, -0.2) is 0 Å². The van der Waals surface area contributed by atoms with E-state index in [4.69, 9.17) is 12.2 Å². The van der Waals surface area contributed by atoms with E-state index in [1.165, 1.54) is 27.8 Å². The lowest BCUT2D eigenvalue weighted by molar-refractivity contribution is 0.518. The maximum atomic E-state index is 5.69. The van der Waals surface area contributed by atoms with Crippen molar-refractivity contribution in [2.45, 2.75) is 40.0 Å². The number of likely N-dealkylation sites (tertiary alicyclic amines) is 1. The second kappa shape index (κ2) is 6.94. The Morgan fingerprint density at radius 1 is 1.00 bits per heavy atom. The van der Waals surface area contributed by atoms with Crippen molar-refractivity contribution in [1.82, 2.24) is 4.90 Å². The molecule has 0 spiro atoms. The Labute approximate surface area is 150 Å². The van der Waals surface area contributed by atoms with Gasteiger partial charge >= 0.3 is 0 Å². The van der Waals surface area contributed by atoms with Crippen molar-refractivity contribution in [2.75, 3.05) is 18.4 Å². The molecule has 0 unspecified atom stereocenters. The van der Waals surface area contributed by atoms with Crippen LogP contribution in [0.3, 0.4) is 0 Å². The van der Waals surface area contributed by atoms with E-state index >= 15 is 0 Å². The Kier molecular flexibility index (Phi) is 4.91. The third-order valence-corrected chi connectivity index (χ3v) is 5.29. The van der Waals surface area contributed by atoms with Crippen LogP contribution in [0.5, 0.6) is 0 Å². The lowest BCUT2D eigenvalue weighted by atomic mass is 9.98. The summed E-state index contributed by atoms with van der Waals surface area (Å²) in [5.41, 5.74) is 7.70. The number of hydrogen-bond acceptors (Lipinski definition) is 1. The third-order valence-electron chi connectivity index (χ3n) is 4.93. The highest BCUT2D eigenvalue weighted by molar-refractivity contribution is 7.80. The van der Waals surface area contributed by atoms with Gasteiger partial charge < -0.3 is 10.2 Å². The van der Waals surface area contributed by atoms with Crippen molar-refractivity contribution in [3.8, 4) is 0 Å². The highest BCUT2D eigenvalue weighted by Crippen LogP contribution is 2.29. The maximum absolute atomic E-state index is 5.69. The first-order chi connectivity index (χ1) is 11.4. The zero-order valence-electron chi connectivity index (χ0n) is 15.0. The maximum Gasteiger partial charge on any atom is 0.173 e. The van der Waals surface area contributed by atoms with Gasteiger partial charge in [-0.05, 0) is 63.0 Å². The molecule has 126 valence electrons. The summed E-state index contributed by atoms with van der Waals surface area (Å²) >= 11 is 5.69. The zero-order chi connectivity index (χ0) is 17.3. The van der Waals surface area contributed by atoms with Crippen LogP contribution in [0.1, 0.15) is 40.2 Å². The molecule has 1 aliphatic rings. The number of nitrogens with zero attached hydrogens (tertiary/aromatic N) is 1. The minimum atomic E-state index is 0.575. The molecule has 3 rings (SSSR count). The third kappa shape index (κ3) is 3.62. The summed E-state index contributed by atoms with van der Waals surface area (Å²) in [5, 5.41) is 4.33. The molecule has 3 heteroatoms. The quantitative estimate of drug-likeness (QED) is 0.766. The highest BCUT2D eigenvalue weighted by Gasteiger charge is 2.25. The van der Waals surface area contributed by atoms with Gasteiger partial charge in [-0.2, -0.15) is 0 Å². The monoisotopic (exact) mass is 338 g/mol. The van der Waals surface area contributed by atoms with E-state index in [0.717, 1.165) is 30.3 Å². The topological polar surface area (TPSA) is 15.3 Å². The van der Waals surface area contributed by atoms with E-state index in [9.17, 15) is 0 Å². The molecule has 1 saturated heterocycles. The van der Waals surface area contributed by atoms with Crippen molar-refractivity contribution >= 4 is 23.0 Å². The molecule has 0 aromatic heterocycles. The van der Waals surface area contributed by atoms with E-state index in [1.807, 2.05) is 0 Å². The predicted molar refractivity (Wildman–Crippen MR) is 107 cm³/mol. The number of thiocarbonyl (C=S) groups is 1. The Bertz CT molecular complexity index is 726. The van der Waals surface area contributed by atoms with Crippen molar-refractivity contribution in [2.24, 2.45) is 0 Å². The van der Waals surface area contributed by atoms with Crippen molar-refractivity contribution in [1.29, 1.82) is 0 Å². The van der Waals surface area contributed by atoms with E-state index < -0.39 is 0 Å². The molecule has 24 heavy (non-hydrogen) atoms. The first kappa shape index (κ1) is 17.0. The second-order valence-corrected chi connectivity index (χ2v) is 7.43. The molecule has 0 amide bonds. The lowest BCUT2D eigenvalue weighted by Crippen LogP contribution is -2.33. The second-order valence-electron chi connectivity index (χ2n) is 7.05. The van der Waals surface area contributed by atoms with Crippen LogP contribution in [0, 0.1) is 27.7 Å². The molecule has 1 fully saturated rings. The van der Waals surface area contributed by atoms with Crippen LogP contribution in [0.4, 0.5) is 5.69 Å². The molecule has 0 radical (unpaired) electrons. The van der Waals surface area contributed by atoms with Gasteiger partial charge in [0, 0.05) is 24.7 Å². The largest absolute Gasteiger partial charge is 0.348 e. The Hall–Kier alpha value is -1.87. The number of nitrogens with one attached hydrogen (secondary N) is 1. The SMILES string of the molecule is Cc1ccc([C@@H]2CCN(C(=S)Nc3c(C)cc(C)cc3C)C2)cc1. The Balaban J connectivity index is 1.68. The van der Waals surface area contributed by atoms with Crippen LogP contribution in [0.2, 0.25) is 0 Å². The van der Waals surface area contributed by atoms with Crippen molar-refractivity contribution < 1.29 is 0 Å². The van der Waals surface area contributed by atoms with Crippen molar-refractivity contribution in [3.05, 3.63) is 64.2 Å². The van der Waals surface area contributed by atoms with E-state index in [2.05, 4.69) is 74.3 Å². The summed E-state index contributed by atoms with van der Waals surface area (Å²) in [6, 6.07) is 13.3. The van der Waals surface area contributed by atoms with Gasteiger partial charge in [-0.15, -0.1) is 0 Å². The highest BCUT2D eigenvalue weighted by atomic mass is 32.1. The molecule has 0 bridgehead atoms. The Morgan fingerprint density at radius 3 is 2.25 bits per heavy atom. The first-order valence-corrected chi connectivity index (χ1v) is 9.05. The number of hydrogen-bond donors (Lipinski definition) is 1. The van der Waals surface area contributed by atoms with Crippen LogP contribution in [-0.4, -0.2) is 23.1 Å². The Morgan fingerprint density at radius 2 is 1.62 bits per heavy atom. The van der Waals surface area contributed by atoms with Gasteiger partial charge in [0.15, 0.2) is 5.11 Å². The molecule has 0 aliphatic carbocycles. The fourth-order valence-electron chi connectivity index (χ4n) is 3.62. The van der Waals surface area contributed by atoms with Gasteiger partial charge in [0.2, 0.25) is 0 Å². The zero-order valence-corrected chi connectivity index (χ0v) is 15.8. The summed E-state index contributed by atoms with van der Waals surface area (Å²) in [7, 11) is 0. The summed E-state index contributed by atoms with van der Waals surface area (Å²) in [6.07, 6.45) is 1.16. The van der Waals surface area contributed by atoms with Crippen LogP contribution in [-0.2, 0) is 0 Å². The average molecular weight is 339 g/mol.